The maximum Gasteiger partial charge on any atom is 0.324 e. The van der Waals surface area contributed by atoms with Crippen molar-refractivity contribution in [1.29, 1.82) is 0 Å². The molecule has 0 aliphatic carbocycles. The molecule has 124 valence electrons. The molecule has 0 radical (unpaired) electrons. The Bertz CT molecular complexity index is 716. The highest BCUT2D eigenvalue weighted by Crippen LogP contribution is 2.20. The molecule has 3 amide bonds. The number of pyridine rings is 1. The number of urea groups is 1. The second-order valence-electron chi connectivity index (χ2n) is 5.63. The maximum atomic E-state index is 12.2. The molecular formula is C18H20N4O2. The summed E-state index contributed by atoms with van der Waals surface area (Å²) in [5.74, 6) is 0.370. The molecule has 1 fully saturated rings. The number of hydrogen-bond acceptors (Lipinski definition) is 3. The minimum Gasteiger partial charge on any atom is -0.323 e. The van der Waals surface area contributed by atoms with Crippen LogP contribution in [0.15, 0.2) is 48.7 Å². The summed E-state index contributed by atoms with van der Waals surface area (Å²) in [6.45, 7) is 4.06. The van der Waals surface area contributed by atoms with Gasteiger partial charge in [0.25, 0.3) is 0 Å². The lowest BCUT2D eigenvalue weighted by Crippen LogP contribution is -2.31. The van der Waals surface area contributed by atoms with E-state index in [9.17, 15) is 9.59 Å². The van der Waals surface area contributed by atoms with Gasteiger partial charge in [0.2, 0.25) is 5.91 Å². The molecule has 1 aliphatic rings. The monoisotopic (exact) mass is 324 g/mol. The third-order valence-electron chi connectivity index (χ3n) is 4.01. The fraction of sp³-hybridized carbons (Fsp3) is 0.278. The molecule has 6 nitrogen and oxygen atoms in total. The number of rotatable bonds is 5. The predicted molar refractivity (Wildman–Crippen MR) is 93.0 cm³/mol. The number of carbonyl (C=O) groups excluding carboxylic acids is 2. The summed E-state index contributed by atoms with van der Waals surface area (Å²) >= 11 is 0. The predicted octanol–water partition coefficient (Wildman–Crippen LogP) is 2.52. The smallest absolute Gasteiger partial charge is 0.323 e. The van der Waals surface area contributed by atoms with Gasteiger partial charge >= 0.3 is 6.03 Å². The van der Waals surface area contributed by atoms with Gasteiger partial charge in [0.05, 0.1) is 18.3 Å². The largest absolute Gasteiger partial charge is 0.324 e. The van der Waals surface area contributed by atoms with Crippen LogP contribution in [0.4, 0.5) is 16.3 Å². The van der Waals surface area contributed by atoms with E-state index in [2.05, 4.69) is 10.3 Å². The summed E-state index contributed by atoms with van der Waals surface area (Å²) in [6, 6.07) is 13.1. The van der Waals surface area contributed by atoms with E-state index in [-0.39, 0.29) is 11.9 Å². The highest BCUT2D eigenvalue weighted by Gasteiger charge is 2.28. The molecule has 1 saturated heterocycles. The molecule has 3 rings (SSSR count). The van der Waals surface area contributed by atoms with Gasteiger partial charge in [0.15, 0.2) is 0 Å². The number of likely N-dealkylation sites (N-methyl/N-ethyl adjacent to an activating group) is 1. The van der Waals surface area contributed by atoms with Crippen LogP contribution in [0.1, 0.15) is 12.5 Å². The Hall–Kier alpha value is -2.89. The zero-order valence-electron chi connectivity index (χ0n) is 13.6. The number of nitrogens with zero attached hydrogens (tertiary/aromatic N) is 3. The van der Waals surface area contributed by atoms with Gasteiger partial charge in [-0.15, -0.1) is 0 Å². The van der Waals surface area contributed by atoms with Crippen LogP contribution in [0, 0.1) is 0 Å². The molecule has 1 N–H and O–H groups in total. The third kappa shape index (κ3) is 3.53. The first-order valence-corrected chi connectivity index (χ1v) is 8.03. The first-order valence-electron chi connectivity index (χ1n) is 8.03. The normalized spacial score (nSPS) is 14.1. The Labute approximate surface area is 141 Å². The van der Waals surface area contributed by atoms with E-state index < -0.39 is 0 Å². The van der Waals surface area contributed by atoms with Gasteiger partial charge in [-0.05, 0) is 24.6 Å². The van der Waals surface area contributed by atoms with Gasteiger partial charge in [-0.2, -0.15) is 0 Å². The number of hydrogen-bond donors (Lipinski definition) is 1. The average Bonchev–Trinajstić information content (AvgIpc) is 2.97. The molecule has 0 spiro atoms. The van der Waals surface area contributed by atoms with Gasteiger partial charge in [-0.3, -0.25) is 9.69 Å². The Morgan fingerprint density at radius 2 is 1.96 bits per heavy atom. The summed E-state index contributed by atoms with van der Waals surface area (Å²) in [6.07, 6.45) is 1.93. The number of amides is 3. The van der Waals surface area contributed by atoms with Crippen LogP contribution in [-0.2, 0) is 11.2 Å². The molecule has 1 aromatic heterocycles. The van der Waals surface area contributed by atoms with Crippen molar-refractivity contribution in [2.45, 2.75) is 13.3 Å². The van der Waals surface area contributed by atoms with Gasteiger partial charge in [-0.1, -0.05) is 30.3 Å². The molecule has 2 aromatic rings. The van der Waals surface area contributed by atoms with Crippen LogP contribution in [0.3, 0.4) is 0 Å². The Morgan fingerprint density at radius 1 is 1.17 bits per heavy atom. The highest BCUT2D eigenvalue weighted by atomic mass is 16.2. The topological polar surface area (TPSA) is 65.5 Å². The fourth-order valence-electron chi connectivity index (χ4n) is 2.70. The SMILES string of the molecule is CCN1CCN(c2ccc(NC(=O)Cc3ccccc3)nc2)C1=O. The number of nitrogens with one attached hydrogen (secondary N) is 1. The zero-order valence-corrected chi connectivity index (χ0v) is 13.6. The molecule has 1 aliphatic heterocycles. The van der Waals surface area contributed by atoms with E-state index in [0.717, 1.165) is 17.8 Å². The first kappa shape index (κ1) is 16.0. The molecule has 0 atom stereocenters. The number of carbonyl (C=O) groups is 2. The summed E-state index contributed by atoms with van der Waals surface area (Å²) in [5.41, 5.74) is 1.70. The second kappa shape index (κ2) is 7.12. The van der Waals surface area contributed by atoms with E-state index in [4.69, 9.17) is 0 Å². The van der Waals surface area contributed by atoms with Crippen LogP contribution < -0.4 is 10.2 Å². The van der Waals surface area contributed by atoms with Gasteiger partial charge in [0.1, 0.15) is 5.82 Å². The van der Waals surface area contributed by atoms with E-state index in [1.54, 1.807) is 22.1 Å². The molecule has 0 bridgehead atoms. The van der Waals surface area contributed by atoms with Crippen LogP contribution in [0.5, 0.6) is 0 Å². The van der Waals surface area contributed by atoms with E-state index in [1.165, 1.54) is 0 Å². The molecular weight excluding hydrogens is 304 g/mol. The minimum atomic E-state index is -0.115. The summed E-state index contributed by atoms with van der Waals surface area (Å²) in [5, 5.41) is 2.78. The van der Waals surface area contributed by atoms with Crippen molar-refractivity contribution >= 4 is 23.4 Å². The number of benzene rings is 1. The lowest BCUT2D eigenvalue weighted by molar-refractivity contribution is -0.115. The van der Waals surface area contributed by atoms with Crippen molar-refractivity contribution in [3.05, 3.63) is 54.2 Å². The number of aromatic nitrogens is 1. The van der Waals surface area contributed by atoms with Crippen LogP contribution in [-0.4, -0.2) is 41.5 Å². The van der Waals surface area contributed by atoms with Crippen LogP contribution >= 0.6 is 0 Å². The van der Waals surface area contributed by atoms with Crippen molar-refractivity contribution in [3.8, 4) is 0 Å². The highest BCUT2D eigenvalue weighted by molar-refractivity contribution is 5.94. The Morgan fingerprint density at radius 3 is 2.58 bits per heavy atom. The quantitative estimate of drug-likeness (QED) is 0.919. The Kier molecular flexibility index (Phi) is 4.74. The van der Waals surface area contributed by atoms with Crippen LogP contribution in [0.2, 0.25) is 0 Å². The van der Waals surface area contributed by atoms with Crippen molar-refractivity contribution in [3.63, 3.8) is 0 Å². The van der Waals surface area contributed by atoms with Gasteiger partial charge < -0.3 is 10.2 Å². The number of anilines is 2. The summed E-state index contributed by atoms with van der Waals surface area (Å²) in [4.78, 5) is 31.9. The zero-order chi connectivity index (χ0) is 16.9. The van der Waals surface area contributed by atoms with Crippen molar-refractivity contribution in [2.24, 2.45) is 0 Å². The summed E-state index contributed by atoms with van der Waals surface area (Å²) in [7, 11) is 0. The first-order chi connectivity index (χ1) is 11.7. The molecule has 0 unspecified atom stereocenters. The average molecular weight is 324 g/mol. The maximum absolute atomic E-state index is 12.2. The molecule has 6 heteroatoms. The Balaban J connectivity index is 1.61. The molecule has 0 saturated carbocycles. The molecule has 1 aromatic carbocycles. The van der Waals surface area contributed by atoms with Crippen molar-refractivity contribution in [2.75, 3.05) is 29.9 Å². The van der Waals surface area contributed by atoms with E-state index in [0.29, 0.717) is 25.3 Å². The summed E-state index contributed by atoms with van der Waals surface area (Å²) < 4.78 is 0. The molecule has 24 heavy (non-hydrogen) atoms. The third-order valence-corrected chi connectivity index (χ3v) is 4.01. The van der Waals surface area contributed by atoms with Crippen molar-refractivity contribution in [1.82, 2.24) is 9.88 Å². The van der Waals surface area contributed by atoms with Gasteiger partial charge in [0, 0.05) is 19.6 Å². The van der Waals surface area contributed by atoms with E-state index in [1.807, 2.05) is 43.3 Å². The van der Waals surface area contributed by atoms with Crippen molar-refractivity contribution < 1.29 is 9.59 Å². The second-order valence-corrected chi connectivity index (χ2v) is 5.63. The standard InChI is InChI=1S/C18H20N4O2/c1-2-21-10-11-22(18(21)24)15-8-9-16(19-13-15)20-17(23)12-14-6-4-3-5-7-14/h3-9,13H,2,10-12H2,1H3,(H,19,20,23). The van der Waals surface area contributed by atoms with Crippen LogP contribution in [0.25, 0.3) is 0 Å². The van der Waals surface area contributed by atoms with E-state index >= 15 is 0 Å². The van der Waals surface area contributed by atoms with Gasteiger partial charge in [-0.25, -0.2) is 9.78 Å². The lowest BCUT2D eigenvalue weighted by Gasteiger charge is -2.17. The minimum absolute atomic E-state index is 0.000151. The molecule has 2 heterocycles. The lowest BCUT2D eigenvalue weighted by atomic mass is 10.1. The fourth-order valence-corrected chi connectivity index (χ4v) is 2.70.